The first-order valence-corrected chi connectivity index (χ1v) is 10.3. The number of hydrogen-bond donors (Lipinski definition) is 0. The smallest absolute Gasteiger partial charge is 0.0136 e. The van der Waals surface area contributed by atoms with E-state index >= 15 is 0 Å². The van der Waals surface area contributed by atoms with Crippen LogP contribution in [0.1, 0.15) is 31.4 Å². The van der Waals surface area contributed by atoms with Crippen molar-refractivity contribution in [3.63, 3.8) is 0 Å². The predicted molar refractivity (Wildman–Crippen MR) is 122 cm³/mol. The Morgan fingerprint density at radius 1 is 0.769 bits per heavy atom. The first kappa shape index (κ1) is 17.5. The third-order valence-corrected chi connectivity index (χ3v) is 5.99. The van der Waals surface area contributed by atoms with Gasteiger partial charge in [0.05, 0.1) is 0 Å². The standard InChI is InChI=1S/C25H23I/c1-25(2)14-6-4-3-5-7-18-8-9-22(17-24(18)25)19-10-11-21-16-23(26)13-12-20(21)15-19/h3-6,8-13,15-17H,7,14H2,1-2H3/b5-3-,6-4-. The molecule has 0 spiro atoms. The molecule has 0 amide bonds. The van der Waals surface area contributed by atoms with Gasteiger partial charge in [0, 0.05) is 3.57 Å². The summed E-state index contributed by atoms with van der Waals surface area (Å²) in [6, 6.07) is 20.5. The van der Waals surface area contributed by atoms with Crippen LogP contribution < -0.4 is 0 Å². The molecule has 130 valence electrons. The first-order chi connectivity index (χ1) is 12.5. The third kappa shape index (κ3) is 3.50. The van der Waals surface area contributed by atoms with Gasteiger partial charge >= 0.3 is 0 Å². The van der Waals surface area contributed by atoms with Gasteiger partial charge in [-0.15, -0.1) is 0 Å². The van der Waals surface area contributed by atoms with E-state index in [1.807, 2.05) is 0 Å². The molecule has 0 heterocycles. The fourth-order valence-electron chi connectivity index (χ4n) is 3.78. The first-order valence-electron chi connectivity index (χ1n) is 9.18. The molecule has 0 radical (unpaired) electrons. The van der Waals surface area contributed by atoms with Crippen molar-refractivity contribution in [1.82, 2.24) is 0 Å². The second kappa shape index (κ2) is 7.03. The summed E-state index contributed by atoms with van der Waals surface area (Å²) in [5.41, 5.74) is 5.65. The molecule has 0 fully saturated rings. The molecule has 1 aliphatic rings. The normalized spacial score (nSPS) is 18.4. The van der Waals surface area contributed by atoms with Crippen LogP contribution in [0, 0.1) is 3.57 Å². The number of allylic oxidation sites excluding steroid dienone is 4. The zero-order valence-electron chi connectivity index (χ0n) is 15.3. The molecule has 0 saturated heterocycles. The van der Waals surface area contributed by atoms with E-state index in [9.17, 15) is 0 Å². The highest BCUT2D eigenvalue weighted by Gasteiger charge is 2.23. The molecule has 0 N–H and O–H groups in total. The Labute approximate surface area is 169 Å². The van der Waals surface area contributed by atoms with E-state index in [-0.39, 0.29) is 5.41 Å². The van der Waals surface area contributed by atoms with E-state index < -0.39 is 0 Å². The number of benzene rings is 3. The van der Waals surface area contributed by atoms with Gasteiger partial charge in [0.2, 0.25) is 0 Å². The van der Waals surface area contributed by atoms with Crippen molar-refractivity contribution in [3.05, 3.63) is 93.6 Å². The van der Waals surface area contributed by atoms with Crippen LogP contribution in [0.4, 0.5) is 0 Å². The monoisotopic (exact) mass is 450 g/mol. The average molecular weight is 450 g/mol. The lowest BCUT2D eigenvalue weighted by molar-refractivity contribution is 0.530. The molecule has 0 bridgehead atoms. The van der Waals surface area contributed by atoms with Gasteiger partial charge in [0.25, 0.3) is 0 Å². The van der Waals surface area contributed by atoms with Crippen LogP contribution in [0.2, 0.25) is 0 Å². The van der Waals surface area contributed by atoms with Gasteiger partial charge in [-0.3, -0.25) is 0 Å². The van der Waals surface area contributed by atoms with Crippen molar-refractivity contribution in [2.45, 2.75) is 32.1 Å². The second-order valence-corrected chi connectivity index (χ2v) is 8.97. The molecule has 1 heteroatoms. The van der Waals surface area contributed by atoms with E-state index in [1.54, 1.807) is 0 Å². The highest BCUT2D eigenvalue weighted by atomic mass is 127. The van der Waals surface area contributed by atoms with E-state index in [2.05, 4.69) is 115 Å². The number of rotatable bonds is 1. The zero-order valence-corrected chi connectivity index (χ0v) is 17.5. The second-order valence-electron chi connectivity index (χ2n) is 7.73. The molecule has 0 aliphatic heterocycles. The minimum atomic E-state index is 0.140. The predicted octanol–water partition coefficient (Wildman–Crippen LogP) is 7.45. The summed E-state index contributed by atoms with van der Waals surface area (Å²) in [7, 11) is 0. The molecule has 0 atom stereocenters. The van der Waals surface area contributed by atoms with Crippen molar-refractivity contribution >= 4 is 33.4 Å². The summed E-state index contributed by atoms with van der Waals surface area (Å²) in [5.74, 6) is 0. The Kier molecular flexibility index (Phi) is 4.74. The molecule has 0 unspecified atom stereocenters. The molecule has 3 aromatic carbocycles. The van der Waals surface area contributed by atoms with Gasteiger partial charge in [-0.25, -0.2) is 0 Å². The van der Waals surface area contributed by atoms with Crippen molar-refractivity contribution in [2.75, 3.05) is 0 Å². The van der Waals surface area contributed by atoms with Crippen LogP contribution in [0.15, 0.2) is 78.9 Å². The third-order valence-electron chi connectivity index (χ3n) is 5.32. The highest BCUT2D eigenvalue weighted by molar-refractivity contribution is 14.1. The minimum absolute atomic E-state index is 0.140. The Morgan fingerprint density at radius 3 is 2.35 bits per heavy atom. The Morgan fingerprint density at radius 2 is 1.46 bits per heavy atom. The largest absolute Gasteiger partial charge is 0.0837 e. The Hall–Kier alpha value is -1.87. The SMILES string of the molecule is CC1(C)C/C=C\C=C/Cc2ccc(-c3ccc4cc(I)ccc4c3)cc21. The average Bonchev–Trinajstić information content (AvgIpc) is 2.70. The van der Waals surface area contributed by atoms with Gasteiger partial charge in [-0.2, -0.15) is 0 Å². The maximum absolute atomic E-state index is 2.41. The van der Waals surface area contributed by atoms with Gasteiger partial charge in [-0.05, 0) is 92.1 Å². The van der Waals surface area contributed by atoms with Crippen molar-refractivity contribution < 1.29 is 0 Å². The van der Waals surface area contributed by atoms with Gasteiger partial charge < -0.3 is 0 Å². The lowest BCUT2D eigenvalue weighted by atomic mass is 9.77. The van der Waals surface area contributed by atoms with Crippen LogP contribution in [0.3, 0.4) is 0 Å². The number of halogens is 1. The van der Waals surface area contributed by atoms with Gasteiger partial charge in [0.15, 0.2) is 0 Å². The number of hydrogen-bond acceptors (Lipinski definition) is 0. The summed E-state index contributed by atoms with van der Waals surface area (Å²) in [5, 5.41) is 2.61. The van der Waals surface area contributed by atoms with E-state index in [4.69, 9.17) is 0 Å². The van der Waals surface area contributed by atoms with Crippen molar-refractivity contribution in [2.24, 2.45) is 0 Å². The maximum atomic E-state index is 2.41. The summed E-state index contributed by atoms with van der Waals surface area (Å²) in [4.78, 5) is 0. The number of fused-ring (bicyclic) bond motifs is 2. The molecule has 1 aliphatic carbocycles. The molecule has 0 nitrogen and oxygen atoms in total. The molecule has 0 saturated carbocycles. The van der Waals surface area contributed by atoms with Crippen LogP contribution in [0.5, 0.6) is 0 Å². The fourth-order valence-corrected chi connectivity index (χ4v) is 4.30. The Bertz CT molecular complexity index is 1020. The topological polar surface area (TPSA) is 0 Å². The maximum Gasteiger partial charge on any atom is 0.0136 e. The van der Waals surface area contributed by atoms with E-state index in [0.717, 1.165) is 12.8 Å². The highest BCUT2D eigenvalue weighted by Crippen LogP contribution is 2.35. The van der Waals surface area contributed by atoms with Crippen LogP contribution in [-0.4, -0.2) is 0 Å². The lowest BCUT2D eigenvalue weighted by Gasteiger charge is -2.27. The van der Waals surface area contributed by atoms with Crippen molar-refractivity contribution in [1.29, 1.82) is 0 Å². The van der Waals surface area contributed by atoms with Crippen LogP contribution in [0.25, 0.3) is 21.9 Å². The van der Waals surface area contributed by atoms with Crippen LogP contribution in [-0.2, 0) is 11.8 Å². The quantitative estimate of drug-likeness (QED) is 0.338. The fraction of sp³-hybridized carbons (Fsp3) is 0.200. The lowest BCUT2D eigenvalue weighted by Crippen LogP contribution is -2.18. The minimum Gasteiger partial charge on any atom is -0.0837 e. The van der Waals surface area contributed by atoms with Crippen molar-refractivity contribution in [3.8, 4) is 11.1 Å². The summed E-state index contributed by atoms with van der Waals surface area (Å²) >= 11 is 2.37. The molecular weight excluding hydrogens is 427 g/mol. The molecule has 26 heavy (non-hydrogen) atoms. The summed E-state index contributed by atoms with van der Waals surface area (Å²) < 4.78 is 1.28. The van der Waals surface area contributed by atoms with Gasteiger partial charge in [0.1, 0.15) is 0 Å². The Balaban J connectivity index is 1.82. The van der Waals surface area contributed by atoms with Crippen LogP contribution >= 0.6 is 22.6 Å². The molecule has 4 rings (SSSR count). The zero-order chi connectivity index (χ0) is 18.1. The van der Waals surface area contributed by atoms with E-state index in [0.29, 0.717) is 0 Å². The summed E-state index contributed by atoms with van der Waals surface area (Å²) in [6.07, 6.45) is 11.0. The van der Waals surface area contributed by atoms with E-state index in [1.165, 1.54) is 36.6 Å². The molecule has 0 aromatic heterocycles. The molecular formula is C25H23I. The van der Waals surface area contributed by atoms with Gasteiger partial charge in [-0.1, -0.05) is 74.5 Å². The molecule has 3 aromatic rings. The summed E-state index contributed by atoms with van der Waals surface area (Å²) in [6.45, 7) is 4.71.